The van der Waals surface area contributed by atoms with Crippen LogP contribution in [0.4, 0.5) is 0 Å². The second-order valence-electron chi connectivity index (χ2n) is 6.99. The Hall–Kier alpha value is 0.0969. The smallest absolute Gasteiger partial charge is 0.376 e. The first-order valence-corrected chi connectivity index (χ1v) is 11.1. The molecule has 0 atom stereocenters. The predicted octanol–water partition coefficient (Wildman–Crippen LogP) is 4.57. The maximum absolute atomic E-state index is 6.19. The molecular formula is C18H36O3Si. The highest BCUT2D eigenvalue weighted by Gasteiger charge is 2.32. The summed E-state index contributed by atoms with van der Waals surface area (Å²) in [5.74, 6) is 2.51. The van der Waals surface area contributed by atoms with E-state index in [0.29, 0.717) is 13.2 Å². The third-order valence-corrected chi connectivity index (χ3v) is 7.22. The fourth-order valence-electron chi connectivity index (χ4n) is 4.39. The van der Waals surface area contributed by atoms with Crippen LogP contribution in [0.2, 0.25) is 0 Å². The summed E-state index contributed by atoms with van der Waals surface area (Å²) in [4.78, 5) is 0. The van der Waals surface area contributed by atoms with E-state index in [-0.39, 0.29) is 0 Å². The van der Waals surface area contributed by atoms with Crippen molar-refractivity contribution in [3.63, 3.8) is 0 Å². The van der Waals surface area contributed by atoms with Crippen molar-refractivity contribution in [3.8, 4) is 0 Å². The highest BCUT2D eigenvalue weighted by atomic mass is 28.3. The molecule has 2 saturated carbocycles. The highest BCUT2D eigenvalue weighted by molar-refractivity contribution is 6.36. The van der Waals surface area contributed by atoms with Crippen LogP contribution in [0.1, 0.15) is 78.1 Å². The molecule has 0 spiro atoms. The van der Waals surface area contributed by atoms with Crippen molar-refractivity contribution in [2.24, 2.45) is 17.8 Å². The largest absolute Gasteiger partial charge is 0.484 e. The molecule has 0 unspecified atom stereocenters. The van der Waals surface area contributed by atoms with Gasteiger partial charge in [-0.2, -0.15) is 0 Å². The molecule has 0 saturated heterocycles. The van der Waals surface area contributed by atoms with Crippen molar-refractivity contribution >= 4 is 9.53 Å². The standard InChI is InChI=1S/C18H36O3Si/c1-3-19-22(20-4-2)21-15-18(16-11-7-5-8-12-16)17-13-9-6-10-14-17/h16-18,22H,3-15H2,1-2H3. The fraction of sp³-hybridized carbons (Fsp3) is 1.00. The highest BCUT2D eigenvalue weighted by Crippen LogP contribution is 2.40. The summed E-state index contributed by atoms with van der Waals surface area (Å²) >= 11 is 0. The van der Waals surface area contributed by atoms with Gasteiger partial charge in [0.2, 0.25) is 0 Å². The second-order valence-corrected chi connectivity index (χ2v) is 8.57. The van der Waals surface area contributed by atoms with E-state index in [1.165, 1.54) is 64.2 Å². The van der Waals surface area contributed by atoms with Gasteiger partial charge >= 0.3 is 9.53 Å². The van der Waals surface area contributed by atoms with E-state index >= 15 is 0 Å². The zero-order valence-corrected chi connectivity index (χ0v) is 15.9. The van der Waals surface area contributed by atoms with Gasteiger partial charge in [-0.15, -0.1) is 0 Å². The van der Waals surface area contributed by atoms with E-state index in [4.69, 9.17) is 13.3 Å². The Labute approximate surface area is 139 Å². The van der Waals surface area contributed by atoms with Crippen LogP contribution in [0.15, 0.2) is 0 Å². The van der Waals surface area contributed by atoms with Gasteiger partial charge in [-0.05, 0) is 31.6 Å². The van der Waals surface area contributed by atoms with Crippen molar-refractivity contribution in [3.05, 3.63) is 0 Å². The number of rotatable bonds is 9. The minimum Gasteiger partial charge on any atom is -0.376 e. The van der Waals surface area contributed by atoms with E-state index in [9.17, 15) is 0 Å². The third-order valence-electron chi connectivity index (χ3n) is 5.54. The second kappa shape index (κ2) is 10.8. The topological polar surface area (TPSA) is 27.7 Å². The molecule has 0 N–H and O–H groups in total. The molecule has 2 aliphatic carbocycles. The van der Waals surface area contributed by atoms with Crippen LogP contribution in [0.5, 0.6) is 0 Å². The van der Waals surface area contributed by atoms with Crippen molar-refractivity contribution in [2.75, 3.05) is 19.8 Å². The Kier molecular flexibility index (Phi) is 9.04. The molecule has 2 fully saturated rings. The van der Waals surface area contributed by atoms with Crippen LogP contribution >= 0.6 is 0 Å². The van der Waals surface area contributed by atoms with E-state index in [2.05, 4.69) is 0 Å². The van der Waals surface area contributed by atoms with Gasteiger partial charge in [0.15, 0.2) is 0 Å². The minimum absolute atomic E-state index is 0.703. The Bertz CT molecular complexity index is 252. The normalized spacial score (nSPS) is 21.8. The van der Waals surface area contributed by atoms with E-state index in [0.717, 1.165) is 24.4 Å². The van der Waals surface area contributed by atoms with Gasteiger partial charge in [0.1, 0.15) is 0 Å². The molecular weight excluding hydrogens is 292 g/mol. The SMILES string of the molecule is CCO[SiH](OCC)OCC(C1CCCCC1)C1CCCCC1. The average molecular weight is 329 g/mol. The predicted molar refractivity (Wildman–Crippen MR) is 93.0 cm³/mol. The van der Waals surface area contributed by atoms with E-state index < -0.39 is 9.53 Å². The molecule has 4 heteroatoms. The molecule has 0 radical (unpaired) electrons. The maximum atomic E-state index is 6.19. The van der Waals surface area contributed by atoms with Crippen molar-refractivity contribution in [1.29, 1.82) is 0 Å². The first-order valence-electron chi connectivity index (χ1n) is 9.70. The lowest BCUT2D eigenvalue weighted by atomic mass is 9.70. The summed E-state index contributed by atoms with van der Waals surface area (Å²) in [6, 6.07) is 0. The Balaban J connectivity index is 1.90. The lowest BCUT2D eigenvalue weighted by Gasteiger charge is -2.38. The molecule has 3 nitrogen and oxygen atoms in total. The van der Waals surface area contributed by atoms with Crippen LogP contribution in [0.25, 0.3) is 0 Å². The van der Waals surface area contributed by atoms with Gasteiger partial charge in [0.05, 0.1) is 0 Å². The van der Waals surface area contributed by atoms with Crippen LogP contribution in [0, 0.1) is 17.8 Å². The Morgan fingerprint density at radius 2 is 1.18 bits per heavy atom. The first-order chi connectivity index (χ1) is 10.8. The number of hydrogen-bond acceptors (Lipinski definition) is 3. The monoisotopic (exact) mass is 328 g/mol. The van der Waals surface area contributed by atoms with Gasteiger partial charge in [0, 0.05) is 19.8 Å². The molecule has 130 valence electrons. The van der Waals surface area contributed by atoms with Gasteiger partial charge in [-0.25, -0.2) is 0 Å². The Morgan fingerprint density at radius 1 is 0.727 bits per heavy atom. The summed E-state index contributed by atoms with van der Waals surface area (Å²) in [5, 5.41) is 0. The quantitative estimate of drug-likeness (QED) is 0.580. The fourth-order valence-corrected chi connectivity index (χ4v) is 5.60. The van der Waals surface area contributed by atoms with Crippen molar-refractivity contribution in [2.45, 2.75) is 78.1 Å². The molecule has 2 aliphatic rings. The average Bonchev–Trinajstić information content (AvgIpc) is 2.57. The summed E-state index contributed by atoms with van der Waals surface area (Å²) in [5.41, 5.74) is 0. The first kappa shape index (κ1) is 18.4. The molecule has 2 rings (SSSR count). The lowest BCUT2D eigenvalue weighted by molar-refractivity contribution is 0.0409. The molecule has 22 heavy (non-hydrogen) atoms. The summed E-state index contributed by atoms with van der Waals surface area (Å²) < 4.78 is 17.6. The zero-order chi connectivity index (χ0) is 15.6. The molecule has 0 bridgehead atoms. The van der Waals surface area contributed by atoms with Crippen LogP contribution < -0.4 is 0 Å². The van der Waals surface area contributed by atoms with Crippen LogP contribution in [-0.2, 0) is 13.3 Å². The Morgan fingerprint density at radius 3 is 1.59 bits per heavy atom. The minimum atomic E-state index is -1.90. The summed E-state index contributed by atoms with van der Waals surface area (Å²) in [6.45, 7) is 6.35. The zero-order valence-electron chi connectivity index (χ0n) is 14.7. The molecule has 0 heterocycles. The van der Waals surface area contributed by atoms with Crippen molar-refractivity contribution in [1.82, 2.24) is 0 Å². The molecule has 0 aromatic carbocycles. The molecule has 0 amide bonds. The summed E-state index contributed by atoms with van der Waals surface area (Å²) in [6.07, 6.45) is 14.2. The summed E-state index contributed by atoms with van der Waals surface area (Å²) in [7, 11) is -1.90. The molecule has 0 aliphatic heterocycles. The molecule has 0 aromatic rings. The third kappa shape index (κ3) is 5.95. The van der Waals surface area contributed by atoms with Gasteiger partial charge in [0.25, 0.3) is 0 Å². The van der Waals surface area contributed by atoms with Crippen LogP contribution in [0.3, 0.4) is 0 Å². The number of hydrogen-bond donors (Lipinski definition) is 0. The van der Waals surface area contributed by atoms with Crippen LogP contribution in [-0.4, -0.2) is 29.3 Å². The van der Waals surface area contributed by atoms with Crippen molar-refractivity contribution < 1.29 is 13.3 Å². The van der Waals surface area contributed by atoms with E-state index in [1.807, 2.05) is 13.8 Å². The molecule has 0 aromatic heterocycles. The van der Waals surface area contributed by atoms with E-state index in [1.54, 1.807) is 0 Å². The van der Waals surface area contributed by atoms with Gasteiger partial charge in [-0.1, -0.05) is 64.2 Å². The lowest BCUT2D eigenvalue weighted by Crippen LogP contribution is -2.36. The maximum Gasteiger partial charge on any atom is 0.484 e. The van der Waals surface area contributed by atoms with Gasteiger partial charge in [-0.3, -0.25) is 0 Å². The van der Waals surface area contributed by atoms with Gasteiger partial charge < -0.3 is 13.3 Å².